The molecule has 1 fully saturated rings. The van der Waals surface area contributed by atoms with Crippen molar-refractivity contribution in [1.82, 2.24) is 4.90 Å². The first kappa shape index (κ1) is 11.1. The second kappa shape index (κ2) is 4.26. The number of likely N-dealkylation sites (tertiary alicyclic amines) is 1. The van der Waals surface area contributed by atoms with Gasteiger partial charge in [-0.1, -0.05) is 31.2 Å². The minimum atomic E-state index is -0.354. The topological polar surface area (TPSA) is 46.3 Å². The van der Waals surface area contributed by atoms with Gasteiger partial charge in [0.05, 0.1) is 6.04 Å². The molecule has 86 valence electrons. The maximum atomic E-state index is 11.5. The number of hydrogen-bond acceptors (Lipinski definition) is 2. The van der Waals surface area contributed by atoms with E-state index in [9.17, 15) is 4.79 Å². The molecule has 1 amide bonds. The Hall–Kier alpha value is -1.35. The Morgan fingerprint density at radius 3 is 2.38 bits per heavy atom. The lowest BCUT2D eigenvalue weighted by atomic mass is 9.88. The molecule has 2 atom stereocenters. The van der Waals surface area contributed by atoms with Crippen LogP contribution in [0.15, 0.2) is 24.3 Å². The molecule has 0 aliphatic carbocycles. The van der Waals surface area contributed by atoms with Crippen LogP contribution < -0.4 is 5.73 Å². The van der Waals surface area contributed by atoms with Gasteiger partial charge in [-0.3, -0.25) is 4.79 Å². The zero-order chi connectivity index (χ0) is 11.7. The molecule has 1 heterocycles. The van der Waals surface area contributed by atoms with Gasteiger partial charge in [-0.25, -0.2) is 0 Å². The van der Waals surface area contributed by atoms with Crippen molar-refractivity contribution < 1.29 is 4.79 Å². The Morgan fingerprint density at radius 1 is 1.25 bits per heavy atom. The Bertz CT molecular complexity index is 385. The lowest BCUT2D eigenvalue weighted by molar-refractivity contribution is -0.149. The molecule has 0 bridgehead atoms. The predicted octanol–water partition coefficient (Wildman–Crippen LogP) is 1.48. The van der Waals surface area contributed by atoms with Gasteiger partial charge in [0.2, 0.25) is 5.91 Å². The molecule has 3 nitrogen and oxygen atoms in total. The Balaban J connectivity index is 2.20. The minimum Gasteiger partial charge on any atom is -0.332 e. The highest BCUT2D eigenvalue weighted by Gasteiger charge is 2.44. The maximum absolute atomic E-state index is 11.5. The Labute approximate surface area is 96.2 Å². The lowest BCUT2D eigenvalue weighted by Gasteiger charge is -2.45. The maximum Gasteiger partial charge on any atom is 0.242 e. The summed E-state index contributed by atoms with van der Waals surface area (Å²) < 4.78 is 0. The number of likely N-dealkylation sites (N-methyl/N-ethyl adjacent to an activating group) is 1. The fourth-order valence-corrected chi connectivity index (χ4v) is 2.27. The summed E-state index contributed by atoms with van der Waals surface area (Å²) in [7, 11) is 0. The van der Waals surface area contributed by atoms with Crippen LogP contribution in [0.1, 0.15) is 31.0 Å². The number of benzene rings is 1. The third-order valence-corrected chi connectivity index (χ3v) is 3.31. The van der Waals surface area contributed by atoms with Crippen LogP contribution in [-0.2, 0) is 11.2 Å². The summed E-state index contributed by atoms with van der Waals surface area (Å²) in [6.07, 6.45) is 1.04. The smallest absolute Gasteiger partial charge is 0.242 e. The van der Waals surface area contributed by atoms with Crippen LogP contribution in [-0.4, -0.2) is 23.4 Å². The second-order valence-corrected chi connectivity index (χ2v) is 4.19. The third kappa shape index (κ3) is 1.61. The van der Waals surface area contributed by atoms with E-state index in [0.717, 1.165) is 18.5 Å². The largest absolute Gasteiger partial charge is 0.332 e. The summed E-state index contributed by atoms with van der Waals surface area (Å²) in [5.74, 6) is 0.0621. The fraction of sp³-hybridized carbons (Fsp3) is 0.462. The SMILES string of the molecule is CCc1ccc([C@H]2[C@H](N)C(=O)N2CC)cc1. The number of rotatable bonds is 3. The number of amides is 1. The number of nitrogens with zero attached hydrogens (tertiary/aromatic N) is 1. The van der Waals surface area contributed by atoms with E-state index in [2.05, 4.69) is 31.2 Å². The number of carbonyl (C=O) groups is 1. The highest BCUT2D eigenvalue weighted by molar-refractivity contribution is 5.89. The molecule has 0 saturated carbocycles. The van der Waals surface area contributed by atoms with Gasteiger partial charge in [0.25, 0.3) is 0 Å². The molecule has 2 N–H and O–H groups in total. The highest BCUT2D eigenvalue weighted by Crippen LogP contribution is 2.33. The van der Waals surface area contributed by atoms with Crippen LogP contribution in [0.25, 0.3) is 0 Å². The minimum absolute atomic E-state index is 0.0621. The second-order valence-electron chi connectivity index (χ2n) is 4.19. The van der Waals surface area contributed by atoms with Gasteiger partial charge in [-0.2, -0.15) is 0 Å². The molecule has 1 aromatic rings. The van der Waals surface area contributed by atoms with Gasteiger partial charge < -0.3 is 10.6 Å². The van der Waals surface area contributed by atoms with Crippen LogP contribution in [0.5, 0.6) is 0 Å². The van der Waals surface area contributed by atoms with Crippen molar-refractivity contribution in [3.05, 3.63) is 35.4 Å². The number of nitrogens with two attached hydrogens (primary N) is 1. The van der Waals surface area contributed by atoms with E-state index in [-0.39, 0.29) is 18.0 Å². The monoisotopic (exact) mass is 218 g/mol. The molecular weight excluding hydrogens is 200 g/mol. The highest BCUT2D eigenvalue weighted by atomic mass is 16.2. The standard InChI is InChI=1S/C13H18N2O/c1-3-9-5-7-10(8-6-9)12-11(14)13(16)15(12)4-2/h5-8,11-12H,3-4,14H2,1-2H3/t11-,12-/m0/s1. The first-order valence-corrected chi connectivity index (χ1v) is 5.84. The van der Waals surface area contributed by atoms with Gasteiger partial charge in [0.1, 0.15) is 6.04 Å². The zero-order valence-electron chi connectivity index (χ0n) is 9.81. The molecule has 1 aliphatic rings. The van der Waals surface area contributed by atoms with Gasteiger partial charge in [-0.05, 0) is 24.5 Å². The summed E-state index contributed by atoms with van der Waals surface area (Å²) in [4.78, 5) is 13.3. The average molecular weight is 218 g/mol. The molecule has 1 aromatic carbocycles. The molecule has 3 heteroatoms. The molecule has 2 rings (SSSR count). The van der Waals surface area contributed by atoms with Crippen molar-refractivity contribution >= 4 is 5.91 Å². The molecule has 0 unspecified atom stereocenters. The van der Waals surface area contributed by atoms with Gasteiger partial charge in [0.15, 0.2) is 0 Å². The number of carbonyl (C=O) groups excluding carboxylic acids is 1. The first-order valence-electron chi connectivity index (χ1n) is 5.84. The average Bonchev–Trinajstić information content (AvgIpc) is 2.34. The molecule has 0 radical (unpaired) electrons. The molecule has 1 saturated heterocycles. The number of aryl methyl sites for hydroxylation is 1. The molecular formula is C13H18N2O. The van der Waals surface area contributed by atoms with Crippen LogP contribution in [0.3, 0.4) is 0 Å². The normalized spacial score (nSPS) is 24.4. The van der Waals surface area contributed by atoms with Crippen LogP contribution >= 0.6 is 0 Å². The fourth-order valence-electron chi connectivity index (χ4n) is 2.27. The zero-order valence-corrected chi connectivity index (χ0v) is 9.81. The third-order valence-electron chi connectivity index (χ3n) is 3.31. The molecule has 16 heavy (non-hydrogen) atoms. The molecule has 0 aromatic heterocycles. The van der Waals surface area contributed by atoms with Gasteiger partial charge in [-0.15, -0.1) is 0 Å². The Morgan fingerprint density at radius 2 is 1.88 bits per heavy atom. The van der Waals surface area contributed by atoms with Crippen molar-refractivity contribution in [3.8, 4) is 0 Å². The van der Waals surface area contributed by atoms with E-state index < -0.39 is 0 Å². The van der Waals surface area contributed by atoms with E-state index in [4.69, 9.17) is 5.73 Å². The molecule has 0 spiro atoms. The van der Waals surface area contributed by atoms with Crippen molar-refractivity contribution in [2.75, 3.05) is 6.54 Å². The van der Waals surface area contributed by atoms with E-state index in [0.29, 0.717) is 0 Å². The van der Waals surface area contributed by atoms with Crippen LogP contribution in [0, 0.1) is 0 Å². The summed E-state index contributed by atoms with van der Waals surface area (Å²) >= 11 is 0. The van der Waals surface area contributed by atoms with Crippen molar-refractivity contribution in [2.45, 2.75) is 32.4 Å². The van der Waals surface area contributed by atoms with Crippen LogP contribution in [0.4, 0.5) is 0 Å². The quantitative estimate of drug-likeness (QED) is 0.781. The van der Waals surface area contributed by atoms with E-state index in [1.807, 2.05) is 11.8 Å². The summed E-state index contributed by atoms with van der Waals surface area (Å²) in [5.41, 5.74) is 8.30. The number of hydrogen-bond donors (Lipinski definition) is 1. The van der Waals surface area contributed by atoms with Crippen molar-refractivity contribution in [2.24, 2.45) is 5.73 Å². The van der Waals surface area contributed by atoms with Crippen LogP contribution in [0.2, 0.25) is 0 Å². The van der Waals surface area contributed by atoms with Crippen molar-refractivity contribution in [1.29, 1.82) is 0 Å². The lowest BCUT2D eigenvalue weighted by Crippen LogP contribution is -2.62. The van der Waals surface area contributed by atoms with Gasteiger partial charge in [0, 0.05) is 6.54 Å². The summed E-state index contributed by atoms with van der Waals surface area (Å²) in [6, 6.07) is 8.10. The van der Waals surface area contributed by atoms with Gasteiger partial charge >= 0.3 is 0 Å². The van der Waals surface area contributed by atoms with E-state index >= 15 is 0 Å². The van der Waals surface area contributed by atoms with Crippen molar-refractivity contribution in [3.63, 3.8) is 0 Å². The Kier molecular flexibility index (Phi) is 2.97. The summed E-state index contributed by atoms with van der Waals surface area (Å²) in [5, 5.41) is 0. The summed E-state index contributed by atoms with van der Waals surface area (Å²) in [6.45, 7) is 4.84. The van der Waals surface area contributed by atoms with E-state index in [1.165, 1.54) is 5.56 Å². The van der Waals surface area contributed by atoms with E-state index in [1.54, 1.807) is 0 Å². The molecule has 1 aliphatic heterocycles. The first-order chi connectivity index (χ1) is 7.69. The predicted molar refractivity (Wildman–Crippen MR) is 63.9 cm³/mol. The number of β-lactam (4-membered cyclic amide) rings is 1.